The van der Waals surface area contributed by atoms with Crippen LogP contribution in [-0.2, 0) is 15.7 Å². The lowest BCUT2D eigenvalue weighted by Crippen LogP contribution is -2.30. The van der Waals surface area contributed by atoms with Crippen molar-refractivity contribution < 1.29 is 22.7 Å². The Hall–Kier alpha value is -1.69. The van der Waals surface area contributed by atoms with Crippen molar-refractivity contribution in [2.24, 2.45) is 0 Å². The average molecular weight is 364 g/mol. The first-order valence-corrected chi connectivity index (χ1v) is 7.98. The number of halogens is 4. The fraction of sp³-hybridized carbons (Fsp3) is 0.471. The first-order valence-electron chi connectivity index (χ1n) is 7.61. The molecule has 1 rings (SSSR count). The second-order valence-electron chi connectivity index (χ2n) is 5.37. The smallest absolute Gasteiger partial charge is 0.416 e. The monoisotopic (exact) mass is 363 g/mol. The lowest BCUT2D eigenvalue weighted by molar-refractivity contribution is -0.141. The molecule has 24 heavy (non-hydrogen) atoms. The van der Waals surface area contributed by atoms with Gasteiger partial charge < -0.3 is 10.1 Å². The van der Waals surface area contributed by atoms with Gasteiger partial charge in [0, 0.05) is 10.7 Å². The van der Waals surface area contributed by atoms with E-state index in [1.165, 1.54) is 13.2 Å². The van der Waals surface area contributed by atoms with Gasteiger partial charge in [0.15, 0.2) is 0 Å². The predicted molar refractivity (Wildman–Crippen MR) is 89.2 cm³/mol. The van der Waals surface area contributed by atoms with E-state index in [4.69, 9.17) is 16.3 Å². The molecule has 0 amide bonds. The van der Waals surface area contributed by atoms with Gasteiger partial charge >= 0.3 is 12.1 Å². The van der Waals surface area contributed by atoms with Crippen molar-refractivity contribution in [2.45, 2.75) is 44.3 Å². The van der Waals surface area contributed by atoms with E-state index < -0.39 is 23.8 Å². The summed E-state index contributed by atoms with van der Waals surface area (Å²) in [6.45, 7) is 3.64. The van der Waals surface area contributed by atoms with Crippen molar-refractivity contribution in [3.8, 4) is 0 Å². The number of unbranched alkanes of at least 4 members (excludes halogenated alkanes) is 3. The third kappa shape index (κ3) is 6.83. The molecule has 0 saturated heterocycles. The van der Waals surface area contributed by atoms with E-state index in [1.54, 1.807) is 0 Å². The molecule has 0 unspecified atom stereocenters. The van der Waals surface area contributed by atoms with Crippen LogP contribution in [0.3, 0.4) is 0 Å². The highest BCUT2D eigenvalue weighted by Gasteiger charge is 2.31. The van der Waals surface area contributed by atoms with Gasteiger partial charge in [-0.25, -0.2) is 4.79 Å². The Morgan fingerprint density at radius 1 is 1.33 bits per heavy atom. The van der Waals surface area contributed by atoms with Gasteiger partial charge in [-0.3, -0.25) is 0 Å². The Bertz CT molecular complexity index is 561. The third-order valence-electron chi connectivity index (χ3n) is 3.45. The zero-order valence-corrected chi connectivity index (χ0v) is 14.2. The van der Waals surface area contributed by atoms with Crippen LogP contribution in [0.15, 0.2) is 30.9 Å². The molecule has 7 heteroatoms. The van der Waals surface area contributed by atoms with Gasteiger partial charge in [0.2, 0.25) is 0 Å². The van der Waals surface area contributed by atoms with Crippen LogP contribution in [-0.4, -0.2) is 19.1 Å². The summed E-state index contributed by atoms with van der Waals surface area (Å²) in [4.78, 5) is 11.8. The zero-order valence-electron chi connectivity index (χ0n) is 13.5. The number of ether oxygens (including phenoxy) is 1. The van der Waals surface area contributed by atoms with Crippen LogP contribution in [0.2, 0.25) is 5.02 Å². The molecule has 0 aliphatic rings. The molecule has 134 valence electrons. The van der Waals surface area contributed by atoms with Gasteiger partial charge in [-0.05, 0) is 37.5 Å². The number of rotatable bonds is 9. The minimum Gasteiger partial charge on any atom is -0.467 e. The second-order valence-corrected chi connectivity index (χ2v) is 5.81. The number of carbonyl (C=O) groups is 1. The number of nitrogens with one attached hydrogen (secondary N) is 1. The van der Waals surface area contributed by atoms with Gasteiger partial charge in [-0.1, -0.05) is 30.5 Å². The van der Waals surface area contributed by atoms with Crippen LogP contribution >= 0.6 is 11.6 Å². The summed E-state index contributed by atoms with van der Waals surface area (Å²) >= 11 is 5.75. The molecule has 0 aliphatic carbocycles. The molecular formula is C17H21ClF3NO2. The Balaban J connectivity index is 2.80. The highest BCUT2D eigenvalue weighted by atomic mass is 35.5. The Labute approximate surface area is 144 Å². The van der Waals surface area contributed by atoms with E-state index in [-0.39, 0.29) is 10.7 Å². The predicted octanol–water partition coefficient (Wildman–Crippen LogP) is 5.45. The highest BCUT2D eigenvalue weighted by molar-refractivity contribution is 6.31. The van der Waals surface area contributed by atoms with E-state index >= 15 is 0 Å². The first-order chi connectivity index (χ1) is 11.3. The summed E-state index contributed by atoms with van der Waals surface area (Å²) in [6, 6.07) is 2.40. The number of esters is 1. The van der Waals surface area contributed by atoms with Crippen LogP contribution in [0.4, 0.5) is 18.9 Å². The van der Waals surface area contributed by atoms with Crippen molar-refractivity contribution in [1.29, 1.82) is 0 Å². The van der Waals surface area contributed by atoms with E-state index in [1.807, 2.05) is 6.08 Å². The normalized spacial score (nSPS) is 12.5. The molecule has 0 radical (unpaired) electrons. The lowest BCUT2D eigenvalue weighted by atomic mass is 10.1. The van der Waals surface area contributed by atoms with Crippen molar-refractivity contribution in [2.75, 3.05) is 12.4 Å². The summed E-state index contributed by atoms with van der Waals surface area (Å²) in [5, 5.41) is 2.74. The molecule has 1 aromatic carbocycles. The molecule has 3 nitrogen and oxygen atoms in total. The first kappa shape index (κ1) is 20.4. The molecule has 0 aromatic heterocycles. The van der Waals surface area contributed by atoms with Crippen molar-refractivity contribution in [3.05, 3.63) is 41.4 Å². The van der Waals surface area contributed by atoms with E-state index in [2.05, 4.69) is 11.9 Å². The number of methoxy groups -OCH3 is 1. The molecular weight excluding hydrogens is 343 g/mol. The Kier molecular flexibility index (Phi) is 8.11. The maximum atomic E-state index is 12.8. The van der Waals surface area contributed by atoms with Gasteiger partial charge in [-0.2, -0.15) is 13.2 Å². The second kappa shape index (κ2) is 9.57. The molecule has 0 aliphatic heterocycles. The van der Waals surface area contributed by atoms with E-state index in [0.717, 1.165) is 37.8 Å². The minimum absolute atomic E-state index is 0.0538. The molecule has 0 spiro atoms. The summed E-state index contributed by atoms with van der Waals surface area (Å²) in [7, 11) is 1.24. The summed E-state index contributed by atoms with van der Waals surface area (Å²) in [5.41, 5.74) is -0.733. The SMILES string of the molecule is C=CCCCCC[C@H](Nc1cc(Cl)cc(C(F)(F)F)c1)C(=O)OC. The van der Waals surface area contributed by atoms with E-state index in [0.29, 0.717) is 6.42 Å². The van der Waals surface area contributed by atoms with Crippen LogP contribution < -0.4 is 5.32 Å². The zero-order chi connectivity index (χ0) is 18.2. The lowest BCUT2D eigenvalue weighted by Gasteiger charge is -2.19. The topological polar surface area (TPSA) is 38.3 Å². The fourth-order valence-corrected chi connectivity index (χ4v) is 2.48. The summed E-state index contributed by atoms with van der Waals surface area (Å²) in [5.74, 6) is -0.521. The molecule has 0 heterocycles. The maximum absolute atomic E-state index is 12.8. The molecule has 1 N–H and O–H groups in total. The Morgan fingerprint density at radius 3 is 2.62 bits per heavy atom. The van der Waals surface area contributed by atoms with Crippen molar-refractivity contribution >= 4 is 23.3 Å². The van der Waals surface area contributed by atoms with E-state index in [9.17, 15) is 18.0 Å². The van der Waals surface area contributed by atoms with Crippen molar-refractivity contribution in [3.63, 3.8) is 0 Å². The van der Waals surface area contributed by atoms with Gasteiger partial charge in [-0.15, -0.1) is 6.58 Å². The number of anilines is 1. The number of carbonyl (C=O) groups excluding carboxylic acids is 1. The van der Waals surface area contributed by atoms with Crippen LogP contribution in [0, 0.1) is 0 Å². The number of hydrogen-bond acceptors (Lipinski definition) is 3. The average Bonchev–Trinajstić information content (AvgIpc) is 2.51. The number of benzene rings is 1. The van der Waals surface area contributed by atoms with Crippen LogP contribution in [0.1, 0.15) is 37.7 Å². The summed E-state index contributed by atoms with van der Waals surface area (Å²) < 4.78 is 43.3. The van der Waals surface area contributed by atoms with Gasteiger partial charge in [0.1, 0.15) is 6.04 Å². The largest absolute Gasteiger partial charge is 0.467 e. The number of alkyl halides is 3. The van der Waals surface area contributed by atoms with Crippen LogP contribution in [0.5, 0.6) is 0 Å². The molecule has 1 atom stereocenters. The maximum Gasteiger partial charge on any atom is 0.416 e. The number of hydrogen-bond donors (Lipinski definition) is 1. The summed E-state index contributed by atoms with van der Waals surface area (Å²) in [6.07, 6.45) is 1.25. The molecule has 1 aromatic rings. The van der Waals surface area contributed by atoms with Crippen LogP contribution in [0.25, 0.3) is 0 Å². The quantitative estimate of drug-likeness (QED) is 0.360. The van der Waals surface area contributed by atoms with Gasteiger partial charge in [0.05, 0.1) is 12.7 Å². The molecule has 0 bridgehead atoms. The third-order valence-corrected chi connectivity index (χ3v) is 3.67. The molecule has 0 fully saturated rings. The standard InChI is InChI=1S/C17H21ClF3NO2/c1-3-4-5-6-7-8-15(16(23)24-2)22-14-10-12(17(19,20)21)9-13(18)11-14/h3,9-11,15,22H,1,4-8H2,2H3/t15-/m0/s1. The number of allylic oxidation sites excluding steroid dienone is 1. The minimum atomic E-state index is -4.51. The highest BCUT2D eigenvalue weighted by Crippen LogP contribution is 2.33. The Morgan fingerprint density at radius 2 is 2.04 bits per heavy atom. The molecule has 0 saturated carbocycles. The van der Waals surface area contributed by atoms with Gasteiger partial charge in [0.25, 0.3) is 0 Å². The fourth-order valence-electron chi connectivity index (χ4n) is 2.24. The van der Waals surface area contributed by atoms with Crippen molar-refractivity contribution in [1.82, 2.24) is 0 Å².